The van der Waals surface area contributed by atoms with Gasteiger partial charge in [0.15, 0.2) is 11.6 Å². The molecule has 0 saturated carbocycles. The van der Waals surface area contributed by atoms with Crippen molar-refractivity contribution in [3.63, 3.8) is 0 Å². The monoisotopic (exact) mass is 279 g/mol. The van der Waals surface area contributed by atoms with Gasteiger partial charge in [0, 0.05) is 26.2 Å². The normalized spacial score (nSPS) is 16.0. The quantitative estimate of drug-likeness (QED) is 0.845. The molecule has 1 saturated heterocycles. The summed E-state index contributed by atoms with van der Waals surface area (Å²) in [4.78, 5) is 12.9. The Morgan fingerprint density at radius 2 is 1.95 bits per heavy atom. The molecule has 0 radical (unpaired) electrons. The molecule has 6 nitrogen and oxygen atoms in total. The smallest absolute Gasteiger partial charge is 0.157 e. The molecule has 1 aliphatic rings. The van der Waals surface area contributed by atoms with Crippen LogP contribution in [0.5, 0.6) is 0 Å². The molecule has 20 heavy (non-hydrogen) atoms. The third-order valence-corrected chi connectivity index (χ3v) is 3.80. The lowest BCUT2D eigenvalue weighted by molar-refractivity contribution is 0.302. The Kier molecular flexibility index (Phi) is 5.40. The molecule has 112 valence electrons. The third-order valence-electron chi connectivity index (χ3n) is 3.80. The number of aromatic nitrogens is 2. The molecular formula is C14H25N5O. The Bertz CT molecular complexity index is 418. The first-order valence-electron chi connectivity index (χ1n) is 7.49. The zero-order valence-electron chi connectivity index (χ0n) is 12.3. The van der Waals surface area contributed by atoms with Crippen LogP contribution in [0.25, 0.3) is 0 Å². The van der Waals surface area contributed by atoms with Gasteiger partial charge in [-0.2, -0.15) is 0 Å². The van der Waals surface area contributed by atoms with E-state index in [-0.39, 0.29) is 6.61 Å². The molecule has 6 heteroatoms. The summed E-state index contributed by atoms with van der Waals surface area (Å²) in [6.07, 6.45) is 6.51. The maximum Gasteiger partial charge on any atom is 0.157 e. The van der Waals surface area contributed by atoms with E-state index in [2.05, 4.69) is 14.9 Å². The Hall–Kier alpha value is -1.56. The van der Waals surface area contributed by atoms with Crippen molar-refractivity contribution in [3.8, 4) is 0 Å². The molecule has 0 atom stereocenters. The molecule has 0 aromatic carbocycles. The highest BCUT2D eigenvalue weighted by molar-refractivity contribution is 5.75. The number of nitrogen functional groups attached to an aromatic ring is 1. The van der Waals surface area contributed by atoms with Gasteiger partial charge in [-0.3, -0.25) is 0 Å². The van der Waals surface area contributed by atoms with E-state index in [1.54, 1.807) is 6.33 Å². The first kappa shape index (κ1) is 14.8. The van der Waals surface area contributed by atoms with Crippen LogP contribution in [0.15, 0.2) is 6.33 Å². The van der Waals surface area contributed by atoms with Crippen molar-refractivity contribution in [1.29, 1.82) is 0 Å². The molecule has 0 aliphatic carbocycles. The fourth-order valence-corrected chi connectivity index (χ4v) is 2.70. The Balaban J connectivity index is 2.25. The molecule has 1 fully saturated rings. The van der Waals surface area contributed by atoms with Crippen molar-refractivity contribution >= 4 is 17.3 Å². The number of likely N-dealkylation sites (N-methyl/N-ethyl adjacent to an activating group) is 1. The Morgan fingerprint density at radius 3 is 2.55 bits per heavy atom. The second-order valence-electron chi connectivity index (χ2n) is 5.14. The largest absolute Gasteiger partial charge is 0.395 e. The van der Waals surface area contributed by atoms with E-state index >= 15 is 0 Å². The summed E-state index contributed by atoms with van der Waals surface area (Å²) in [5.74, 6) is 1.57. The van der Waals surface area contributed by atoms with Gasteiger partial charge in [0.05, 0.1) is 6.61 Å². The van der Waals surface area contributed by atoms with Gasteiger partial charge >= 0.3 is 0 Å². The van der Waals surface area contributed by atoms with Gasteiger partial charge in [-0.1, -0.05) is 12.8 Å². The summed E-state index contributed by atoms with van der Waals surface area (Å²) in [5.41, 5.74) is 6.91. The predicted octanol–water partition coefficient (Wildman–Crippen LogP) is 1.26. The maximum atomic E-state index is 9.14. The summed E-state index contributed by atoms with van der Waals surface area (Å²) in [7, 11) is 0. The molecule has 0 spiro atoms. The van der Waals surface area contributed by atoms with Gasteiger partial charge in [-0.15, -0.1) is 0 Å². The van der Waals surface area contributed by atoms with E-state index in [1.807, 2.05) is 11.8 Å². The fraction of sp³-hybridized carbons (Fsp3) is 0.714. The van der Waals surface area contributed by atoms with E-state index in [0.29, 0.717) is 12.2 Å². The van der Waals surface area contributed by atoms with Gasteiger partial charge < -0.3 is 20.6 Å². The fourth-order valence-electron chi connectivity index (χ4n) is 2.70. The van der Waals surface area contributed by atoms with Gasteiger partial charge in [-0.25, -0.2) is 9.97 Å². The van der Waals surface area contributed by atoms with Crippen LogP contribution in [0.2, 0.25) is 0 Å². The highest BCUT2D eigenvalue weighted by atomic mass is 16.3. The molecular weight excluding hydrogens is 254 g/mol. The molecule has 1 aromatic heterocycles. The van der Waals surface area contributed by atoms with Crippen molar-refractivity contribution in [2.45, 2.75) is 32.6 Å². The van der Waals surface area contributed by atoms with Crippen molar-refractivity contribution in [2.24, 2.45) is 0 Å². The number of nitrogens with two attached hydrogens (primary N) is 1. The third kappa shape index (κ3) is 3.30. The van der Waals surface area contributed by atoms with E-state index in [4.69, 9.17) is 10.8 Å². The van der Waals surface area contributed by atoms with Crippen LogP contribution in [0.4, 0.5) is 17.3 Å². The summed E-state index contributed by atoms with van der Waals surface area (Å²) >= 11 is 0. The van der Waals surface area contributed by atoms with Gasteiger partial charge in [0.2, 0.25) is 0 Å². The van der Waals surface area contributed by atoms with Crippen molar-refractivity contribution in [2.75, 3.05) is 48.3 Å². The average Bonchev–Trinajstić information content (AvgIpc) is 2.74. The Morgan fingerprint density at radius 1 is 1.25 bits per heavy atom. The van der Waals surface area contributed by atoms with Gasteiger partial charge in [-0.05, 0) is 19.8 Å². The van der Waals surface area contributed by atoms with Crippen molar-refractivity contribution in [1.82, 2.24) is 9.97 Å². The van der Waals surface area contributed by atoms with Crippen LogP contribution in [-0.2, 0) is 0 Å². The number of anilines is 3. The SMILES string of the molecule is CCN(CCO)c1ncnc(N2CCCCCC2)c1N. The lowest BCUT2D eigenvalue weighted by atomic mass is 10.2. The first-order valence-corrected chi connectivity index (χ1v) is 7.49. The lowest BCUT2D eigenvalue weighted by Crippen LogP contribution is -2.30. The van der Waals surface area contributed by atoms with Crippen molar-refractivity contribution in [3.05, 3.63) is 6.33 Å². The Labute approximate surface area is 120 Å². The summed E-state index contributed by atoms with van der Waals surface area (Å²) in [6.45, 7) is 5.44. The maximum absolute atomic E-state index is 9.14. The van der Waals surface area contributed by atoms with E-state index in [0.717, 1.165) is 31.3 Å². The first-order chi connectivity index (χ1) is 9.77. The molecule has 2 heterocycles. The number of nitrogens with zero attached hydrogens (tertiary/aromatic N) is 4. The zero-order valence-corrected chi connectivity index (χ0v) is 12.3. The minimum atomic E-state index is 0.0936. The highest BCUT2D eigenvalue weighted by Crippen LogP contribution is 2.30. The van der Waals surface area contributed by atoms with Gasteiger partial charge in [0.25, 0.3) is 0 Å². The molecule has 0 unspecified atom stereocenters. The number of aliphatic hydroxyl groups excluding tert-OH is 1. The second kappa shape index (κ2) is 7.28. The topological polar surface area (TPSA) is 78.5 Å². The summed E-state index contributed by atoms with van der Waals surface area (Å²) in [5, 5.41) is 9.14. The van der Waals surface area contributed by atoms with Crippen molar-refractivity contribution < 1.29 is 5.11 Å². The van der Waals surface area contributed by atoms with Crippen LogP contribution in [0, 0.1) is 0 Å². The number of hydrogen-bond donors (Lipinski definition) is 2. The number of aliphatic hydroxyl groups is 1. The average molecular weight is 279 g/mol. The van der Waals surface area contributed by atoms with E-state index < -0.39 is 0 Å². The molecule has 2 rings (SSSR count). The summed E-state index contributed by atoms with van der Waals surface area (Å²) in [6, 6.07) is 0. The molecule has 1 aromatic rings. The minimum absolute atomic E-state index is 0.0936. The number of rotatable bonds is 5. The van der Waals surface area contributed by atoms with Crippen LogP contribution < -0.4 is 15.5 Å². The predicted molar refractivity (Wildman–Crippen MR) is 82.1 cm³/mol. The molecule has 0 bridgehead atoms. The van der Waals surface area contributed by atoms with Gasteiger partial charge in [0.1, 0.15) is 12.0 Å². The molecule has 3 N–H and O–H groups in total. The zero-order chi connectivity index (χ0) is 14.4. The lowest BCUT2D eigenvalue weighted by Gasteiger charge is -2.27. The highest BCUT2D eigenvalue weighted by Gasteiger charge is 2.19. The number of hydrogen-bond acceptors (Lipinski definition) is 6. The van der Waals surface area contributed by atoms with E-state index in [1.165, 1.54) is 25.7 Å². The molecule has 0 amide bonds. The molecule has 1 aliphatic heterocycles. The minimum Gasteiger partial charge on any atom is -0.395 e. The van der Waals surface area contributed by atoms with Crippen LogP contribution in [-0.4, -0.2) is 47.9 Å². The van der Waals surface area contributed by atoms with Crippen LogP contribution in [0.1, 0.15) is 32.6 Å². The van der Waals surface area contributed by atoms with Crippen LogP contribution in [0.3, 0.4) is 0 Å². The van der Waals surface area contributed by atoms with E-state index in [9.17, 15) is 0 Å². The second-order valence-corrected chi connectivity index (χ2v) is 5.14. The van der Waals surface area contributed by atoms with Crippen LogP contribution >= 0.6 is 0 Å². The summed E-state index contributed by atoms with van der Waals surface area (Å²) < 4.78 is 0. The standard InChI is InChI=1S/C14H25N5O/c1-2-18(9-10-20)13-12(15)14(17-11-16-13)19-7-5-3-4-6-8-19/h11,20H,2-10,15H2,1H3.